The van der Waals surface area contributed by atoms with Gasteiger partial charge < -0.3 is 32.2 Å². The maximum atomic E-state index is 10.2. The maximum absolute atomic E-state index is 10.2. The van der Waals surface area contributed by atoms with E-state index in [-0.39, 0.29) is 6.15 Å². The van der Waals surface area contributed by atoms with Crippen LogP contribution in [0.25, 0.3) is 0 Å². The van der Waals surface area contributed by atoms with E-state index in [0.29, 0.717) is 6.54 Å². The minimum atomic E-state index is -1.33. The monoisotopic (exact) mass is 375 g/mol. The highest BCUT2D eigenvalue weighted by atomic mass is 16.5. The van der Waals surface area contributed by atoms with Crippen molar-refractivity contribution in [3.63, 3.8) is 0 Å². The molecular formula is C18H37N3O5. The molecule has 8 heteroatoms. The van der Waals surface area contributed by atoms with Gasteiger partial charge in [-0.25, -0.2) is 9.59 Å². The molecular weight excluding hydrogens is 338 g/mol. The number of hydrogen-bond donors (Lipinski definition) is 5. The first-order chi connectivity index (χ1) is 11.4. The number of amides is 2. The van der Waals surface area contributed by atoms with Crippen LogP contribution in [-0.2, 0) is 6.54 Å². The second-order valence-corrected chi connectivity index (χ2v) is 6.31. The summed E-state index contributed by atoms with van der Waals surface area (Å²) < 4.78 is 4.99. The average molecular weight is 376 g/mol. The summed E-state index contributed by atoms with van der Waals surface area (Å²) in [5.41, 5.74) is 4.90. The molecule has 0 aromatic heterocycles. The Balaban J connectivity index is -0.000000155. The molecule has 1 aromatic carbocycles. The van der Waals surface area contributed by atoms with E-state index in [4.69, 9.17) is 19.7 Å². The molecule has 0 saturated carbocycles. The molecule has 0 aliphatic rings. The Hall–Kier alpha value is -2.48. The largest absolute Gasteiger partial charge is 0.497 e. The van der Waals surface area contributed by atoms with Gasteiger partial charge in [0.1, 0.15) is 5.75 Å². The van der Waals surface area contributed by atoms with Gasteiger partial charge in [-0.1, -0.05) is 53.7 Å². The Morgan fingerprint density at radius 2 is 1.46 bits per heavy atom. The highest BCUT2D eigenvalue weighted by Gasteiger charge is 1.97. The van der Waals surface area contributed by atoms with Crippen molar-refractivity contribution < 1.29 is 24.5 Å². The van der Waals surface area contributed by atoms with Crippen LogP contribution in [0.2, 0.25) is 0 Å². The molecule has 8 nitrogen and oxygen atoms in total. The molecule has 0 aliphatic carbocycles. The quantitative estimate of drug-likeness (QED) is 0.520. The molecule has 0 heterocycles. The smallest absolute Gasteiger partial charge is 0.404 e. The van der Waals surface area contributed by atoms with E-state index in [1.54, 1.807) is 13.2 Å². The number of hydrogen-bond acceptors (Lipinski definition) is 4. The van der Waals surface area contributed by atoms with Crippen molar-refractivity contribution in [2.45, 2.75) is 48.1 Å². The Morgan fingerprint density at radius 3 is 1.77 bits per heavy atom. The van der Waals surface area contributed by atoms with E-state index in [9.17, 15) is 4.79 Å². The van der Waals surface area contributed by atoms with Crippen LogP contribution >= 0.6 is 0 Å². The standard InChI is InChI=1S/C9H11NO3.2C4H10.CH3NO2.H3N/c1-13-8-4-2-3-7(5-8)6-10-9(11)12;2*1-4(2)3;2-1(3)4;/h2-5,10H,6H2,1H3,(H,11,12);2*4H,1-3H3;2H2,(H,3,4);1H3. The van der Waals surface area contributed by atoms with Crippen LogP contribution in [0.3, 0.4) is 0 Å². The van der Waals surface area contributed by atoms with Crippen molar-refractivity contribution in [2.24, 2.45) is 17.6 Å². The SMILES string of the molecule is CC(C)C.CC(C)C.COc1cccc(CNC(=O)O)c1.N.NC(=O)O. The lowest BCUT2D eigenvalue weighted by atomic mass is 10.2. The lowest BCUT2D eigenvalue weighted by Crippen LogP contribution is -2.19. The van der Waals surface area contributed by atoms with Crippen molar-refractivity contribution in [2.75, 3.05) is 7.11 Å². The molecule has 0 saturated heterocycles. The van der Waals surface area contributed by atoms with Gasteiger partial charge in [-0.05, 0) is 29.5 Å². The highest BCUT2D eigenvalue weighted by molar-refractivity contribution is 5.64. The van der Waals surface area contributed by atoms with Crippen molar-refractivity contribution >= 4 is 12.2 Å². The van der Waals surface area contributed by atoms with Crippen molar-refractivity contribution in [3.8, 4) is 5.75 Å². The number of methoxy groups -OCH3 is 1. The fourth-order valence-corrected chi connectivity index (χ4v) is 0.960. The maximum Gasteiger partial charge on any atom is 0.404 e. The third-order valence-corrected chi connectivity index (χ3v) is 1.58. The molecule has 0 aliphatic heterocycles. The summed E-state index contributed by atoms with van der Waals surface area (Å²) in [6.07, 6.45) is -2.36. The van der Waals surface area contributed by atoms with Gasteiger partial charge in [0.2, 0.25) is 0 Å². The van der Waals surface area contributed by atoms with Crippen LogP contribution in [0.15, 0.2) is 24.3 Å². The Labute approximate surface area is 157 Å². The van der Waals surface area contributed by atoms with Gasteiger partial charge in [0.05, 0.1) is 7.11 Å². The first-order valence-corrected chi connectivity index (χ1v) is 8.00. The molecule has 8 N–H and O–H groups in total. The Kier molecular flexibility index (Phi) is 24.8. The molecule has 1 aromatic rings. The molecule has 0 spiro atoms. The van der Waals surface area contributed by atoms with Gasteiger partial charge in [-0.3, -0.25) is 0 Å². The van der Waals surface area contributed by atoms with Gasteiger partial charge in [0.15, 0.2) is 0 Å². The van der Waals surface area contributed by atoms with E-state index in [1.807, 2.05) is 18.2 Å². The fraction of sp³-hybridized carbons (Fsp3) is 0.556. The van der Waals surface area contributed by atoms with E-state index in [2.05, 4.69) is 52.6 Å². The van der Waals surface area contributed by atoms with Crippen molar-refractivity contribution in [3.05, 3.63) is 29.8 Å². The molecule has 0 bridgehead atoms. The first kappa shape index (κ1) is 31.3. The minimum Gasteiger partial charge on any atom is -0.497 e. The van der Waals surface area contributed by atoms with Gasteiger partial charge >= 0.3 is 12.2 Å². The second-order valence-electron chi connectivity index (χ2n) is 6.31. The number of carboxylic acid groups (broad SMARTS) is 2. The van der Waals surface area contributed by atoms with Gasteiger partial charge in [-0.2, -0.15) is 0 Å². The van der Waals surface area contributed by atoms with Crippen LogP contribution in [0.5, 0.6) is 5.75 Å². The van der Waals surface area contributed by atoms with Crippen molar-refractivity contribution in [1.29, 1.82) is 0 Å². The number of primary amides is 1. The van der Waals surface area contributed by atoms with E-state index in [1.165, 1.54) is 0 Å². The van der Waals surface area contributed by atoms with Gasteiger partial charge in [0.25, 0.3) is 0 Å². The number of ether oxygens (including phenoxy) is 1. The van der Waals surface area contributed by atoms with Crippen LogP contribution in [0, 0.1) is 11.8 Å². The zero-order valence-corrected chi connectivity index (χ0v) is 17.1. The predicted molar refractivity (Wildman–Crippen MR) is 106 cm³/mol. The molecule has 0 fully saturated rings. The summed E-state index contributed by atoms with van der Waals surface area (Å²) >= 11 is 0. The third-order valence-electron chi connectivity index (χ3n) is 1.58. The second kappa shape index (κ2) is 20.6. The van der Waals surface area contributed by atoms with E-state index in [0.717, 1.165) is 23.1 Å². The molecule has 0 radical (unpaired) electrons. The molecule has 154 valence electrons. The molecule has 0 atom stereocenters. The number of rotatable bonds is 3. The zero-order chi connectivity index (χ0) is 20.4. The molecule has 2 amide bonds. The summed E-state index contributed by atoms with van der Waals surface area (Å²) in [5.74, 6) is 2.39. The van der Waals surface area contributed by atoms with E-state index < -0.39 is 12.2 Å². The van der Waals surface area contributed by atoms with Crippen LogP contribution in [-0.4, -0.2) is 29.5 Å². The zero-order valence-electron chi connectivity index (χ0n) is 17.1. The summed E-state index contributed by atoms with van der Waals surface area (Å²) in [6.45, 7) is 13.3. The summed E-state index contributed by atoms with van der Waals surface area (Å²) in [6, 6.07) is 7.25. The fourth-order valence-electron chi connectivity index (χ4n) is 0.960. The minimum absolute atomic E-state index is 0. The Bertz CT molecular complexity index is 450. The summed E-state index contributed by atoms with van der Waals surface area (Å²) in [7, 11) is 1.57. The number of nitrogens with two attached hydrogens (primary N) is 1. The van der Waals surface area contributed by atoms with Crippen LogP contribution in [0.1, 0.15) is 47.1 Å². The Morgan fingerprint density at radius 1 is 1.08 bits per heavy atom. The lowest BCUT2D eigenvalue weighted by molar-refractivity contribution is 0.194. The first-order valence-electron chi connectivity index (χ1n) is 8.00. The van der Waals surface area contributed by atoms with Crippen LogP contribution in [0.4, 0.5) is 9.59 Å². The molecule has 0 unspecified atom stereocenters. The van der Waals surface area contributed by atoms with Crippen molar-refractivity contribution in [1.82, 2.24) is 11.5 Å². The van der Waals surface area contributed by atoms with Gasteiger partial charge in [-0.15, -0.1) is 0 Å². The summed E-state index contributed by atoms with van der Waals surface area (Å²) in [5, 5.41) is 17.8. The number of nitrogens with one attached hydrogen (secondary N) is 1. The van der Waals surface area contributed by atoms with Gasteiger partial charge in [0, 0.05) is 6.54 Å². The summed E-state index contributed by atoms with van der Waals surface area (Å²) in [4.78, 5) is 19.0. The molecule has 26 heavy (non-hydrogen) atoms. The lowest BCUT2D eigenvalue weighted by Gasteiger charge is -2.03. The topological polar surface area (TPSA) is 157 Å². The third kappa shape index (κ3) is 43.0. The predicted octanol–water partition coefficient (Wildman–Crippen LogP) is 4.57. The normalized spacial score (nSPS) is 8.35. The van der Waals surface area contributed by atoms with Crippen LogP contribution < -0.4 is 21.9 Å². The number of benzene rings is 1. The highest BCUT2D eigenvalue weighted by Crippen LogP contribution is 2.11. The average Bonchev–Trinajstić information content (AvgIpc) is 2.43. The van der Waals surface area contributed by atoms with E-state index >= 15 is 0 Å². The number of carbonyl (C=O) groups is 2. The molecule has 1 rings (SSSR count).